The number of allylic oxidation sites excluding steroid dienone is 1. The Balaban J connectivity index is 2.21. The maximum Gasteiger partial charge on any atom is 0.0936 e. The van der Waals surface area contributed by atoms with Crippen molar-refractivity contribution in [2.45, 2.75) is 52.1 Å². The van der Waals surface area contributed by atoms with Gasteiger partial charge in [-0.05, 0) is 37.5 Å². The maximum absolute atomic E-state index is 11.1. The van der Waals surface area contributed by atoms with Crippen molar-refractivity contribution < 1.29 is 5.11 Å². The Morgan fingerprint density at radius 3 is 2.60 bits per heavy atom. The van der Waals surface area contributed by atoms with Crippen LogP contribution in [-0.4, -0.2) is 10.7 Å². The van der Waals surface area contributed by atoms with Gasteiger partial charge in [0.15, 0.2) is 0 Å². The molecule has 84 valence electrons. The molecular weight excluding hydrogens is 184 g/mol. The van der Waals surface area contributed by atoms with Crippen LogP contribution < -0.4 is 0 Å². The molecule has 1 N–H and O–H groups in total. The van der Waals surface area contributed by atoms with Gasteiger partial charge >= 0.3 is 0 Å². The van der Waals surface area contributed by atoms with Crippen LogP contribution in [0.1, 0.15) is 46.5 Å². The fourth-order valence-corrected chi connectivity index (χ4v) is 4.77. The number of rotatable bonds is 0. The average molecular weight is 206 g/mol. The third kappa shape index (κ3) is 0.860. The van der Waals surface area contributed by atoms with Gasteiger partial charge in [0.2, 0.25) is 0 Å². The molecule has 0 unspecified atom stereocenters. The van der Waals surface area contributed by atoms with E-state index in [1.165, 1.54) is 25.7 Å². The van der Waals surface area contributed by atoms with Gasteiger partial charge in [0.05, 0.1) is 5.60 Å². The third-order valence-corrected chi connectivity index (χ3v) is 6.14. The number of hydrogen-bond donors (Lipinski definition) is 1. The van der Waals surface area contributed by atoms with Crippen LogP contribution >= 0.6 is 0 Å². The van der Waals surface area contributed by atoms with Crippen LogP contribution in [0.4, 0.5) is 0 Å². The zero-order valence-electron chi connectivity index (χ0n) is 10.1. The van der Waals surface area contributed by atoms with E-state index >= 15 is 0 Å². The van der Waals surface area contributed by atoms with Crippen molar-refractivity contribution in [1.82, 2.24) is 0 Å². The third-order valence-electron chi connectivity index (χ3n) is 6.14. The maximum atomic E-state index is 11.1. The SMILES string of the molecule is CC1(C)[C@@H]2CC[C@@]3(C)[C@H](CC=C[C@]13O)C2. The summed E-state index contributed by atoms with van der Waals surface area (Å²) in [7, 11) is 0. The van der Waals surface area contributed by atoms with Crippen molar-refractivity contribution in [2.24, 2.45) is 22.7 Å². The first-order chi connectivity index (χ1) is 6.92. The molecule has 0 saturated heterocycles. The molecule has 0 radical (unpaired) electrons. The second kappa shape index (κ2) is 2.51. The van der Waals surface area contributed by atoms with Crippen molar-refractivity contribution in [3.63, 3.8) is 0 Å². The minimum Gasteiger partial charge on any atom is -0.385 e. The van der Waals surface area contributed by atoms with E-state index < -0.39 is 5.60 Å². The molecule has 0 aliphatic heterocycles. The summed E-state index contributed by atoms with van der Waals surface area (Å²) in [5.41, 5.74) is -0.350. The van der Waals surface area contributed by atoms with Gasteiger partial charge in [-0.1, -0.05) is 32.9 Å². The van der Waals surface area contributed by atoms with Gasteiger partial charge in [-0.25, -0.2) is 0 Å². The van der Waals surface area contributed by atoms with Crippen LogP contribution in [0, 0.1) is 22.7 Å². The van der Waals surface area contributed by atoms with Gasteiger partial charge in [0.25, 0.3) is 0 Å². The van der Waals surface area contributed by atoms with E-state index in [1.54, 1.807) is 0 Å². The average Bonchev–Trinajstić information content (AvgIpc) is 2.16. The molecule has 3 fully saturated rings. The molecule has 0 amide bonds. The predicted octanol–water partition coefficient (Wildman–Crippen LogP) is 3.14. The molecule has 4 bridgehead atoms. The molecule has 3 saturated carbocycles. The Kier molecular flexibility index (Phi) is 1.65. The van der Waals surface area contributed by atoms with Crippen molar-refractivity contribution in [3.05, 3.63) is 12.2 Å². The molecule has 1 heteroatoms. The van der Waals surface area contributed by atoms with E-state index in [4.69, 9.17) is 0 Å². The van der Waals surface area contributed by atoms with Crippen molar-refractivity contribution >= 4 is 0 Å². The van der Waals surface area contributed by atoms with Crippen molar-refractivity contribution in [2.75, 3.05) is 0 Å². The minimum atomic E-state index is -0.552. The lowest BCUT2D eigenvalue weighted by Crippen LogP contribution is -2.68. The van der Waals surface area contributed by atoms with E-state index in [-0.39, 0.29) is 10.8 Å². The summed E-state index contributed by atoms with van der Waals surface area (Å²) in [5.74, 6) is 1.44. The van der Waals surface area contributed by atoms with Crippen LogP contribution in [0.3, 0.4) is 0 Å². The van der Waals surface area contributed by atoms with Crippen LogP contribution in [-0.2, 0) is 0 Å². The van der Waals surface area contributed by atoms with Crippen molar-refractivity contribution in [3.8, 4) is 0 Å². The highest BCUT2D eigenvalue weighted by atomic mass is 16.3. The first kappa shape index (κ1) is 9.89. The topological polar surface area (TPSA) is 20.2 Å². The second-order valence-corrected chi connectivity index (χ2v) is 6.71. The number of fused-ring (bicyclic) bond motifs is 1. The van der Waals surface area contributed by atoms with Crippen LogP contribution in [0.15, 0.2) is 12.2 Å². The number of hydrogen-bond acceptors (Lipinski definition) is 1. The lowest BCUT2D eigenvalue weighted by molar-refractivity contribution is -0.239. The molecule has 0 heterocycles. The zero-order chi connectivity index (χ0) is 10.9. The standard InChI is InChI=1S/C14H22O/c1-12(2)10-6-8-13(3)11(9-10)5-4-7-14(12,13)15/h4,7,10-11,15H,5-6,8-9H2,1-3H3/t10-,11-,13+,14+/m1/s1. The summed E-state index contributed by atoms with van der Waals surface area (Å²) in [6.45, 7) is 6.85. The Morgan fingerprint density at radius 2 is 1.93 bits per heavy atom. The first-order valence-electron chi connectivity index (χ1n) is 6.32. The molecule has 15 heavy (non-hydrogen) atoms. The predicted molar refractivity (Wildman–Crippen MR) is 61.4 cm³/mol. The van der Waals surface area contributed by atoms with E-state index in [0.717, 1.165) is 11.8 Å². The normalized spacial score (nSPS) is 55.7. The van der Waals surface area contributed by atoms with Crippen molar-refractivity contribution in [1.29, 1.82) is 0 Å². The quantitative estimate of drug-likeness (QED) is 0.604. The monoisotopic (exact) mass is 206 g/mol. The molecule has 4 aliphatic rings. The van der Waals surface area contributed by atoms with Gasteiger partial charge in [0, 0.05) is 10.8 Å². The zero-order valence-corrected chi connectivity index (χ0v) is 10.1. The summed E-state index contributed by atoms with van der Waals surface area (Å²) in [5, 5.41) is 11.1. The lowest BCUT2D eigenvalue weighted by atomic mass is 9.38. The Labute approximate surface area is 92.6 Å². The molecule has 0 aromatic heterocycles. The fourth-order valence-electron chi connectivity index (χ4n) is 4.77. The smallest absolute Gasteiger partial charge is 0.0936 e. The fraction of sp³-hybridized carbons (Fsp3) is 0.857. The minimum absolute atomic E-state index is 0.0629. The van der Waals surface area contributed by atoms with E-state index in [1.807, 2.05) is 0 Å². The number of aliphatic hydroxyl groups is 1. The van der Waals surface area contributed by atoms with E-state index in [2.05, 4.69) is 32.9 Å². The Hall–Kier alpha value is -0.300. The van der Waals surface area contributed by atoms with Gasteiger partial charge in [-0.2, -0.15) is 0 Å². The highest BCUT2D eigenvalue weighted by molar-refractivity contribution is 5.27. The van der Waals surface area contributed by atoms with Gasteiger partial charge in [-0.15, -0.1) is 0 Å². The molecule has 4 atom stereocenters. The Bertz CT molecular complexity index is 330. The molecule has 4 aliphatic carbocycles. The molecule has 0 aromatic carbocycles. The van der Waals surface area contributed by atoms with Crippen LogP contribution in [0.2, 0.25) is 0 Å². The second-order valence-electron chi connectivity index (χ2n) is 6.71. The summed E-state index contributed by atoms with van der Waals surface area (Å²) in [6, 6.07) is 0. The van der Waals surface area contributed by atoms with Crippen LogP contribution in [0.5, 0.6) is 0 Å². The van der Waals surface area contributed by atoms with Gasteiger partial charge < -0.3 is 5.11 Å². The molecular formula is C14H22O. The largest absolute Gasteiger partial charge is 0.385 e. The molecule has 0 spiro atoms. The highest BCUT2D eigenvalue weighted by Gasteiger charge is 2.67. The summed E-state index contributed by atoms with van der Waals surface area (Å²) in [6.07, 6.45) is 9.38. The van der Waals surface area contributed by atoms with Gasteiger partial charge in [0.1, 0.15) is 0 Å². The molecule has 4 rings (SSSR count). The van der Waals surface area contributed by atoms with Gasteiger partial charge in [-0.3, -0.25) is 0 Å². The Morgan fingerprint density at radius 1 is 1.20 bits per heavy atom. The lowest BCUT2D eigenvalue weighted by Gasteiger charge is -2.68. The summed E-state index contributed by atoms with van der Waals surface area (Å²) >= 11 is 0. The molecule has 0 aromatic rings. The van der Waals surface area contributed by atoms with Crippen LogP contribution in [0.25, 0.3) is 0 Å². The van der Waals surface area contributed by atoms with E-state index in [0.29, 0.717) is 0 Å². The molecule has 1 nitrogen and oxygen atoms in total. The first-order valence-corrected chi connectivity index (χ1v) is 6.32. The van der Waals surface area contributed by atoms with E-state index in [9.17, 15) is 5.11 Å². The summed E-state index contributed by atoms with van der Waals surface area (Å²) in [4.78, 5) is 0. The summed E-state index contributed by atoms with van der Waals surface area (Å²) < 4.78 is 0. The highest BCUT2D eigenvalue weighted by Crippen LogP contribution is 2.68.